The zero-order chi connectivity index (χ0) is 13.8. The van der Waals surface area contributed by atoms with Crippen LogP contribution in [0.2, 0.25) is 0 Å². The summed E-state index contributed by atoms with van der Waals surface area (Å²) in [4.78, 5) is 10.3. The van der Waals surface area contributed by atoms with Gasteiger partial charge in [0, 0.05) is 12.6 Å². The highest BCUT2D eigenvalue weighted by Crippen LogP contribution is 2.26. The molecule has 19 heavy (non-hydrogen) atoms. The number of hydrogen-bond donors (Lipinski definition) is 1. The molecule has 0 radical (unpaired) electrons. The van der Waals surface area contributed by atoms with Crippen LogP contribution in [0.5, 0.6) is 0 Å². The second kappa shape index (κ2) is 5.79. The molecule has 2 aromatic carbocycles. The van der Waals surface area contributed by atoms with Gasteiger partial charge in [0.05, 0.1) is 15.1 Å². The fourth-order valence-corrected chi connectivity index (χ4v) is 2.00. The van der Waals surface area contributed by atoms with E-state index in [-0.39, 0.29) is 11.5 Å². The van der Waals surface area contributed by atoms with E-state index in [1.807, 2.05) is 0 Å². The van der Waals surface area contributed by atoms with Crippen molar-refractivity contribution in [1.82, 2.24) is 0 Å². The molecule has 4 nitrogen and oxygen atoms in total. The van der Waals surface area contributed by atoms with E-state index in [4.69, 9.17) is 0 Å². The van der Waals surface area contributed by atoms with Gasteiger partial charge in [0.2, 0.25) is 0 Å². The summed E-state index contributed by atoms with van der Waals surface area (Å²) in [6.45, 7) is 0.315. The van der Waals surface area contributed by atoms with Gasteiger partial charge in [-0.25, -0.2) is 4.39 Å². The van der Waals surface area contributed by atoms with E-state index in [0.29, 0.717) is 22.3 Å². The molecule has 0 amide bonds. The van der Waals surface area contributed by atoms with Crippen LogP contribution in [0.1, 0.15) is 5.56 Å². The zero-order valence-corrected chi connectivity index (χ0v) is 11.4. The number of nitro groups is 1. The number of benzene rings is 2. The second-order valence-electron chi connectivity index (χ2n) is 3.88. The van der Waals surface area contributed by atoms with Gasteiger partial charge in [0.1, 0.15) is 5.82 Å². The third kappa shape index (κ3) is 3.29. The molecule has 0 fully saturated rings. The summed E-state index contributed by atoms with van der Waals surface area (Å²) >= 11 is 3.12. The fraction of sp³-hybridized carbons (Fsp3) is 0.0769. The third-order valence-electron chi connectivity index (χ3n) is 2.56. The van der Waals surface area contributed by atoms with Crippen molar-refractivity contribution in [3.05, 3.63) is 68.4 Å². The molecule has 0 aromatic heterocycles. The minimum atomic E-state index is -0.462. The lowest BCUT2D eigenvalue weighted by Gasteiger charge is -2.07. The molecule has 2 rings (SSSR count). The number of nitrogens with zero attached hydrogens (tertiary/aromatic N) is 1. The molecule has 1 N–H and O–H groups in total. The number of hydrogen-bond acceptors (Lipinski definition) is 3. The smallest absolute Gasteiger partial charge is 0.283 e. The van der Waals surface area contributed by atoms with Crippen molar-refractivity contribution in [2.75, 3.05) is 5.32 Å². The molecular formula is C13H10BrFN2O2. The van der Waals surface area contributed by atoms with Crippen LogP contribution < -0.4 is 5.32 Å². The van der Waals surface area contributed by atoms with Gasteiger partial charge in [-0.2, -0.15) is 0 Å². The first-order chi connectivity index (χ1) is 9.08. The highest BCUT2D eigenvalue weighted by molar-refractivity contribution is 9.10. The van der Waals surface area contributed by atoms with Crippen molar-refractivity contribution in [2.24, 2.45) is 0 Å². The first-order valence-corrected chi connectivity index (χ1v) is 6.28. The topological polar surface area (TPSA) is 55.2 Å². The molecule has 0 aliphatic rings. The quantitative estimate of drug-likeness (QED) is 0.680. The van der Waals surface area contributed by atoms with Crippen LogP contribution in [0.15, 0.2) is 46.9 Å². The number of anilines is 1. The Kier molecular flexibility index (Phi) is 4.11. The van der Waals surface area contributed by atoms with E-state index in [0.717, 1.165) is 0 Å². The molecule has 2 aromatic rings. The molecule has 0 aliphatic heterocycles. The number of nitrogens with one attached hydrogen (secondary N) is 1. The summed E-state index contributed by atoms with van der Waals surface area (Å²) in [5.41, 5.74) is 1.07. The van der Waals surface area contributed by atoms with E-state index in [2.05, 4.69) is 21.2 Å². The Morgan fingerprint density at radius 1 is 1.26 bits per heavy atom. The molecule has 0 bridgehead atoms. The Morgan fingerprint density at radius 2 is 2.00 bits per heavy atom. The van der Waals surface area contributed by atoms with Crippen LogP contribution in [0, 0.1) is 15.9 Å². The summed E-state index contributed by atoms with van der Waals surface area (Å²) in [5, 5.41) is 13.7. The lowest BCUT2D eigenvalue weighted by molar-refractivity contribution is -0.385. The van der Waals surface area contributed by atoms with Crippen LogP contribution in [0.4, 0.5) is 15.8 Å². The predicted octanol–water partition coefficient (Wildman–Crippen LogP) is 4.11. The Bertz CT molecular complexity index is 619. The summed E-state index contributed by atoms with van der Waals surface area (Å²) in [6, 6.07) is 11.1. The Morgan fingerprint density at radius 3 is 2.68 bits per heavy atom. The maximum absolute atomic E-state index is 13.4. The molecule has 0 heterocycles. The third-order valence-corrected chi connectivity index (χ3v) is 3.23. The molecule has 0 atom stereocenters. The van der Waals surface area contributed by atoms with Gasteiger partial charge in [0.15, 0.2) is 0 Å². The fourth-order valence-electron chi connectivity index (χ4n) is 1.61. The SMILES string of the molecule is O=[N+]([O-])c1cc(CNc2ccccc2F)ccc1Br. The zero-order valence-electron chi connectivity index (χ0n) is 9.77. The maximum Gasteiger partial charge on any atom is 0.283 e. The minimum Gasteiger partial charge on any atom is -0.379 e. The van der Waals surface area contributed by atoms with Crippen LogP contribution in [0.25, 0.3) is 0 Å². The Hall–Kier alpha value is -1.95. The summed E-state index contributed by atoms with van der Waals surface area (Å²) < 4.78 is 13.8. The molecule has 98 valence electrons. The first-order valence-electron chi connectivity index (χ1n) is 5.49. The molecular weight excluding hydrogens is 315 g/mol. The van der Waals surface area contributed by atoms with E-state index in [9.17, 15) is 14.5 Å². The van der Waals surface area contributed by atoms with E-state index in [1.54, 1.807) is 30.3 Å². The van der Waals surface area contributed by atoms with Crippen LogP contribution in [-0.2, 0) is 6.54 Å². The van der Waals surface area contributed by atoms with Crippen molar-refractivity contribution in [2.45, 2.75) is 6.54 Å². The van der Waals surface area contributed by atoms with Gasteiger partial charge in [0.25, 0.3) is 5.69 Å². The second-order valence-corrected chi connectivity index (χ2v) is 4.73. The lowest BCUT2D eigenvalue weighted by Crippen LogP contribution is -2.02. The summed E-state index contributed by atoms with van der Waals surface area (Å²) in [6.07, 6.45) is 0. The number of nitro benzene ring substituents is 1. The van der Waals surface area contributed by atoms with Crippen molar-refractivity contribution in [1.29, 1.82) is 0 Å². The highest BCUT2D eigenvalue weighted by Gasteiger charge is 2.12. The van der Waals surface area contributed by atoms with Gasteiger partial charge >= 0.3 is 0 Å². The number of para-hydroxylation sites is 1. The Labute approximate surface area is 117 Å². The average Bonchev–Trinajstić information content (AvgIpc) is 2.39. The molecule has 0 spiro atoms. The van der Waals surface area contributed by atoms with E-state index in [1.165, 1.54) is 12.1 Å². The maximum atomic E-state index is 13.4. The lowest BCUT2D eigenvalue weighted by atomic mass is 10.2. The average molecular weight is 325 g/mol. The number of rotatable bonds is 4. The molecule has 6 heteroatoms. The molecule has 0 unspecified atom stereocenters. The van der Waals surface area contributed by atoms with Gasteiger partial charge in [-0.1, -0.05) is 18.2 Å². The first kappa shape index (κ1) is 13.5. The van der Waals surface area contributed by atoms with Crippen LogP contribution in [-0.4, -0.2) is 4.92 Å². The monoisotopic (exact) mass is 324 g/mol. The van der Waals surface area contributed by atoms with Gasteiger partial charge < -0.3 is 5.32 Å². The van der Waals surface area contributed by atoms with Crippen molar-refractivity contribution < 1.29 is 9.31 Å². The van der Waals surface area contributed by atoms with Gasteiger partial charge in [-0.3, -0.25) is 10.1 Å². The van der Waals surface area contributed by atoms with Crippen molar-refractivity contribution in [3.63, 3.8) is 0 Å². The molecule has 0 saturated heterocycles. The van der Waals surface area contributed by atoms with Crippen molar-refractivity contribution >= 4 is 27.3 Å². The Balaban J connectivity index is 2.14. The van der Waals surface area contributed by atoms with Gasteiger partial charge in [-0.05, 0) is 39.7 Å². The van der Waals surface area contributed by atoms with E-state index >= 15 is 0 Å². The largest absolute Gasteiger partial charge is 0.379 e. The van der Waals surface area contributed by atoms with E-state index < -0.39 is 4.92 Å². The predicted molar refractivity (Wildman–Crippen MR) is 74.5 cm³/mol. The number of halogens is 2. The van der Waals surface area contributed by atoms with Crippen LogP contribution in [0.3, 0.4) is 0 Å². The van der Waals surface area contributed by atoms with Gasteiger partial charge in [-0.15, -0.1) is 0 Å². The van der Waals surface area contributed by atoms with Crippen LogP contribution >= 0.6 is 15.9 Å². The molecule has 0 aliphatic carbocycles. The van der Waals surface area contributed by atoms with Crippen molar-refractivity contribution in [3.8, 4) is 0 Å². The summed E-state index contributed by atoms with van der Waals surface area (Å²) in [5.74, 6) is -0.353. The normalized spacial score (nSPS) is 10.2. The summed E-state index contributed by atoms with van der Waals surface area (Å²) in [7, 11) is 0. The minimum absolute atomic E-state index is 0.00664. The standard InChI is InChI=1S/C13H10BrFN2O2/c14-10-6-5-9(7-13(10)17(18)19)8-16-12-4-2-1-3-11(12)15/h1-7,16H,8H2. The highest BCUT2D eigenvalue weighted by atomic mass is 79.9. The molecule has 0 saturated carbocycles.